The van der Waals surface area contributed by atoms with Crippen molar-refractivity contribution in [2.75, 3.05) is 37.9 Å². The van der Waals surface area contributed by atoms with Gasteiger partial charge in [-0.1, -0.05) is 95.5 Å². The van der Waals surface area contributed by atoms with Crippen LogP contribution >= 0.6 is 0 Å². The number of methoxy groups -OCH3 is 2. The molecule has 2 saturated carbocycles. The first-order valence-corrected chi connectivity index (χ1v) is 23.5. The molecule has 4 aliphatic rings. The molecule has 14 nitrogen and oxygen atoms in total. The summed E-state index contributed by atoms with van der Waals surface area (Å²) in [5, 5.41) is 11.4. The molecule has 2 aliphatic heterocycles. The highest BCUT2D eigenvalue weighted by atomic mass is 16.5. The number of nitrogens with zero attached hydrogens (tertiary/aromatic N) is 2. The molecule has 6 atom stereocenters. The first-order chi connectivity index (χ1) is 31.3. The molecule has 0 bridgehead atoms. The Balaban J connectivity index is 1.05. The molecule has 65 heavy (non-hydrogen) atoms. The molecule has 348 valence electrons. The summed E-state index contributed by atoms with van der Waals surface area (Å²) in [5.41, 5.74) is 6.24. The van der Waals surface area contributed by atoms with Gasteiger partial charge in [-0.2, -0.15) is 0 Å². The lowest BCUT2D eigenvalue weighted by atomic mass is 9.83. The second kappa shape index (κ2) is 20.9. The molecular formula is C51H66N6O8. The number of alkyl carbamates (subject to hydrolysis) is 2. The minimum absolute atomic E-state index is 0.171. The van der Waals surface area contributed by atoms with E-state index in [0.717, 1.165) is 11.1 Å². The number of benzene rings is 3. The highest BCUT2D eigenvalue weighted by molar-refractivity contribution is 5.99. The van der Waals surface area contributed by atoms with Crippen molar-refractivity contribution in [1.82, 2.24) is 20.4 Å². The van der Waals surface area contributed by atoms with Crippen molar-refractivity contribution in [3.63, 3.8) is 0 Å². The number of hydrogen-bond donors (Lipinski definition) is 4. The SMILES string of the molecule is COC(=O)NC(C(=O)N1CCCC1C(=O)Nc1ccc(C2C(c3ccc(NC(=O)C4CCCN4C(=O)C(NC(=O)OC)C(C)C)cc3)C2c2ccc(C3CCCCC3)cc2)cc1)C(C)C. The van der Waals surface area contributed by atoms with Crippen LogP contribution in [0.3, 0.4) is 0 Å². The third-order valence-electron chi connectivity index (χ3n) is 14.0. The van der Waals surface area contributed by atoms with Crippen LogP contribution in [0.2, 0.25) is 0 Å². The maximum absolute atomic E-state index is 13.7. The Labute approximate surface area is 382 Å². The summed E-state index contributed by atoms with van der Waals surface area (Å²) >= 11 is 0. The van der Waals surface area contributed by atoms with Gasteiger partial charge in [-0.05, 0) is 121 Å². The van der Waals surface area contributed by atoms with Crippen LogP contribution in [-0.2, 0) is 28.7 Å². The van der Waals surface area contributed by atoms with Gasteiger partial charge in [0, 0.05) is 24.5 Å². The predicted molar refractivity (Wildman–Crippen MR) is 248 cm³/mol. The van der Waals surface area contributed by atoms with Gasteiger partial charge in [0.25, 0.3) is 0 Å². The Kier molecular flexibility index (Phi) is 15.2. The smallest absolute Gasteiger partial charge is 0.407 e. The van der Waals surface area contributed by atoms with Gasteiger partial charge in [0.1, 0.15) is 24.2 Å². The maximum Gasteiger partial charge on any atom is 0.407 e. The molecule has 0 aromatic heterocycles. The number of rotatable bonds is 14. The average Bonchev–Trinajstić information content (AvgIpc) is 3.58. The van der Waals surface area contributed by atoms with Gasteiger partial charge in [-0.3, -0.25) is 19.2 Å². The molecular weight excluding hydrogens is 825 g/mol. The normalized spacial score (nSPS) is 22.8. The second-order valence-electron chi connectivity index (χ2n) is 18.9. The minimum Gasteiger partial charge on any atom is -0.453 e. The van der Waals surface area contributed by atoms with Gasteiger partial charge >= 0.3 is 12.2 Å². The van der Waals surface area contributed by atoms with Crippen molar-refractivity contribution in [3.05, 3.63) is 95.1 Å². The van der Waals surface area contributed by atoms with E-state index in [1.165, 1.54) is 57.5 Å². The lowest BCUT2D eigenvalue weighted by Crippen LogP contribution is -2.54. The van der Waals surface area contributed by atoms with Gasteiger partial charge in [0.2, 0.25) is 23.6 Å². The minimum atomic E-state index is -0.810. The molecule has 4 N–H and O–H groups in total. The summed E-state index contributed by atoms with van der Waals surface area (Å²) in [4.78, 5) is 81.7. The molecule has 2 heterocycles. The zero-order valence-electron chi connectivity index (χ0n) is 38.6. The molecule has 4 fully saturated rings. The molecule has 3 aromatic rings. The molecule has 0 radical (unpaired) electrons. The molecule has 6 amide bonds. The van der Waals surface area contributed by atoms with E-state index in [2.05, 4.69) is 69.8 Å². The number of amides is 6. The standard InChI is InChI=1S/C51H66N6O8/c1-30(2)44(54-50(62)64-5)48(60)56-28-10-14-39(56)46(58)52-37-24-20-35(21-25-37)42-41(34-18-16-33(17-19-34)32-12-8-7-9-13-32)43(42)36-22-26-38(27-23-36)53-47(59)40-15-11-29-57(40)49(61)45(31(3)4)55-51(63)65-6/h16-27,30-32,39-45H,7-15,28-29H2,1-6H3,(H,52,58)(H,53,59)(H,54,62)(H,55,63). The zero-order chi connectivity index (χ0) is 46.4. The first kappa shape index (κ1) is 47.1. The number of likely N-dealkylation sites (tertiary alicyclic amines) is 2. The number of ether oxygens (including phenoxy) is 2. The third-order valence-corrected chi connectivity index (χ3v) is 14.0. The molecule has 6 unspecified atom stereocenters. The van der Waals surface area contributed by atoms with Crippen LogP contribution in [-0.4, -0.2) is 97.1 Å². The van der Waals surface area contributed by atoms with Crippen molar-refractivity contribution in [1.29, 1.82) is 0 Å². The second-order valence-corrected chi connectivity index (χ2v) is 18.9. The predicted octanol–water partition coefficient (Wildman–Crippen LogP) is 8.02. The van der Waals surface area contributed by atoms with Crippen molar-refractivity contribution in [2.24, 2.45) is 11.8 Å². The zero-order valence-corrected chi connectivity index (χ0v) is 38.6. The Bertz CT molecular complexity index is 2050. The Morgan fingerprint density at radius 1 is 0.492 bits per heavy atom. The fraction of sp³-hybridized carbons (Fsp3) is 0.529. The lowest BCUT2D eigenvalue weighted by molar-refractivity contribution is -0.139. The van der Waals surface area contributed by atoms with E-state index in [4.69, 9.17) is 9.47 Å². The maximum atomic E-state index is 13.7. The van der Waals surface area contributed by atoms with E-state index in [-0.39, 0.29) is 53.2 Å². The fourth-order valence-electron chi connectivity index (χ4n) is 10.4. The van der Waals surface area contributed by atoms with Crippen molar-refractivity contribution >= 4 is 47.2 Å². The Morgan fingerprint density at radius 3 is 1.20 bits per heavy atom. The van der Waals surface area contributed by atoms with Crippen LogP contribution in [0.15, 0.2) is 72.8 Å². The van der Waals surface area contributed by atoms with Crippen LogP contribution in [0.25, 0.3) is 0 Å². The van der Waals surface area contributed by atoms with Crippen LogP contribution in [0, 0.1) is 11.8 Å². The summed E-state index contributed by atoms with van der Waals surface area (Å²) in [6.07, 6.45) is 7.38. The van der Waals surface area contributed by atoms with E-state index < -0.39 is 36.4 Å². The average molecular weight is 891 g/mol. The third kappa shape index (κ3) is 10.8. The van der Waals surface area contributed by atoms with E-state index in [9.17, 15) is 28.8 Å². The molecule has 2 aliphatic carbocycles. The van der Waals surface area contributed by atoms with Gasteiger partial charge in [-0.25, -0.2) is 9.59 Å². The van der Waals surface area contributed by atoms with Crippen molar-refractivity contribution < 1.29 is 38.2 Å². The lowest BCUT2D eigenvalue weighted by Gasteiger charge is -2.30. The Hall–Kier alpha value is -5.92. The Morgan fingerprint density at radius 2 is 0.846 bits per heavy atom. The van der Waals surface area contributed by atoms with Gasteiger partial charge in [0.15, 0.2) is 0 Å². The van der Waals surface area contributed by atoms with Crippen LogP contribution in [0.1, 0.15) is 131 Å². The van der Waals surface area contributed by atoms with Crippen molar-refractivity contribution in [2.45, 2.75) is 133 Å². The molecule has 14 heteroatoms. The highest BCUT2D eigenvalue weighted by Crippen LogP contribution is 2.66. The fourth-order valence-corrected chi connectivity index (χ4v) is 10.4. The monoisotopic (exact) mass is 890 g/mol. The van der Waals surface area contributed by atoms with E-state index in [1.807, 2.05) is 52.0 Å². The molecule has 3 aromatic carbocycles. The number of carbonyl (C=O) groups is 6. The number of anilines is 2. The summed E-state index contributed by atoms with van der Waals surface area (Å²) in [7, 11) is 2.51. The van der Waals surface area contributed by atoms with Gasteiger partial charge < -0.3 is 40.5 Å². The van der Waals surface area contributed by atoms with E-state index in [0.29, 0.717) is 56.1 Å². The molecule has 7 rings (SSSR count). The highest BCUT2D eigenvalue weighted by Gasteiger charge is 2.52. The number of carbonyl (C=O) groups excluding carboxylic acids is 6. The summed E-state index contributed by atoms with van der Waals surface area (Å²) < 4.78 is 9.49. The largest absolute Gasteiger partial charge is 0.453 e. The van der Waals surface area contributed by atoms with Gasteiger partial charge in [0.05, 0.1) is 14.2 Å². The topological polar surface area (TPSA) is 175 Å². The van der Waals surface area contributed by atoms with Crippen LogP contribution in [0.5, 0.6) is 0 Å². The summed E-state index contributed by atoms with van der Waals surface area (Å²) in [6, 6.07) is 22.3. The first-order valence-electron chi connectivity index (χ1n) is 23.5. The molecule has 0 spiro atoms. The van der Waals surface area contributed by atoms with E-state index in [1.54, 1.807) is 9.80 Å². The van der Waals surface area contributed by atoms with Crippen molar-refractivity contribution in [3.8, 4) is 0 Å². The summed E-state index contributed by atoms with van der Waals surface area (Å²) in [6.45, 7) is 8.23. The quantitative estimate of drug-likeness (QED) is 0.126. The van der Waals surface area contributed by atoms with Crippen LogP contribution in [0.4, 0.5) is 21.0 Å². The number of hydrogen-bond acceptors (Lipinski definition) is 8. The number of nitrogens with one attached hydrogen (secondary N) is 4. The summed E-state index contributed by atoms with van der Waals surface area (Å²) in [5.74, 6) is -0.359. The van der Waals surface area contributed by atoms with Gasteiger partial charge in [-0.15, -0.1) is 0 Å². The molecule has 2 saturated heterocycles. The van der Waals surface area contributed by atoms with Crippen LogP contribution < -0.4 is 21.3 Å². The van der Waals surface area contributed by atoms with E-state index >= 15 is 0 Å².